The smallest absolute Gasteiger partial charge is 0.337 e. The number of rotatable bonds is 4. The first-order valence-corrected chi connectivity index (χ1v) is 7.54. The molecular weight excluding hydrogens is 360 g/mol. The van der Waals surface area contributed by atoms with Crippen LogP contribution in [0.3, 0.4) is 0 Å². The van der Waals surface area contributed by atoms with Crippen molar-refractivity contribution in [3.63, 3.8) is 0 Å². The number of nitrogens with one attached hydrogen (secondary N) is 2. The fourth-order valence-corrected chi connectivity index (χ4v) is 2.66. The van der Waals surface area contributed by atoms with Crippen molar-refractivity contribution in [2.75, 3.05) is 10.6 Å². The summed E-state index contributed by atoms with van der Waals surface area (Å²) in [5, 5.41) is 23.0. The summed E-state index contributed by atoms with van der Waals surface area (Å²) in [6.45, 7) is 1.94. The SMILES string of the molecule is CCc1nnc(NC(=O)Nc2c(Br)cccc2C(=O)O)s1. The average Bonchev–Trinajstić information content (AvgIpc) is 2.88. The number of aryl methyl sites for hydroxylation is 1. The van der Waals surface area contributed by atoms with Crippen LogP contribution in [0.1, 0.15) is 22.3 Å². The number of aromatic nitrogens is 2. The third kappa shape index (κ3) is 3.76. The number of carbonyl (C=O) groups is 2. The van der Waals surface area contributed by atoms with Gasteiger partial charge < -0.3 is 10.4 Å². The number of urea groups is 1. The van der Waals surface area contributed by atoms with Gasteiger partial charge in [0.1, 0.15) is 5.01 Å². The van der Waals surface area contributed by atoms with Crippen molar-refractivity contribution in [1.29, 1.82) is 0 Å². The van der Waals surface area contributed by atoms with Crippen molar-refractivity contribution in [3.8, 4) is 0 Å². The van der Waals surface area contributed by atoms with Gasteiger partial charge in [-0.25, -0.2) is 9.59 Å². The molecule has 3 N–H and O–H groups in total. The summed E-state index contributed by atoms with van der Waals surface area (Å²) in [5.41, 5.74) is 0.175. The number of halogens is 1. The number of anilines is 2. The topological polar surface area (TPSA) is 104 Å². The van der Waals surface area contributed by atoms with Gasteiger partial charge in [-0.2, -0.15) is 0 Å². The van der Waals surface area contributed by atoms with E-state index in [0.29, 0.717) is 9.60 Å². The zero-order valence-electron chi connectivity index (χ0n) is 10.9. The van der Waals surface area contributed by atoms with Crippen molar-refractivity contribution >= 4 is 50.1 Å². The zero-order valence-corrected chi connectivity index (χ0v) is 13.3. The molecule has 2 amide bonds. The Balaban J connectivity index is 2.14. The van der Waals surface area contributed by atoms with E-state index in [1.807, 2.05) is 6.92 Å². The minimum atomic E-state index is -1.13. The quantitative estimate of drug-likeness (QED) is 0.766. The number of aromatic carboxylic acids is 1. The van der Waals surface area contributed by atoms with Crippen LogP contribution in [0.15, 0.2) is 22.7 Å². The number of amides is 2. The number of hydrogen-bond donors (Lipinski definition) is 3. The van der Waals surface area contributed by atoms with E-state index in [0.717, 1.165) is 11.4 Å². The standard InChI is InChI=1S/C12H11BrN4O3S/c1-2-8-16-17-12(21-8)15-11(20)14-9-6(10(18)19)4-3-5-7(9)13/h3-5H,2H2,1H3,(H,18,19)(H2,14,15,17,20). The second-order valence-corrected chi connectivity index (χ2v) is 5.82. The normalized spacial score (nSPS) is 10.2. The third-order valence-corrected chi connectivity index (χ3v) is 4.12. The second-order valence-electron chi connectivity index (χ2n) is 3.90. The second kappa shape index (κ2) is 6.64. The van der Waals surface area contributed by atoms with Gasteiger partial charge >= 0.3 is 12.0 Å². The molecule has 0 aliphatic heterocycles. The van der Waals surface area contributed by atoms with Crippen LogP contribution >= 0.6 is 27.3 Å². The molecule has 0 atom stereocenters. The largest absolute Gasteiger partial charge is 0.478 e. The Hall–Kier alpha value is -2.00. The zero-order chi connectivity index (χ0) is 15.4. The highest BCUT2D eigenvalue weighted by Gasteiger charge is 2.16. The number of carboxylic acid groups (broad SMARTS) is 1. The highest BCUT2D eigenvalue weighted by molar-refractivity contribution is 9.10. The summed E-state index contributed by atoms with van der Waals surface area (Å²) in [6, 6.07) is 4.04. The molecule has 0 bridgehead atoms. The van der Waals surface area contributed by atoms with Gasteiger partial charge in [0.05, 0.1) is 11.3 Å². The van der Waals surface area contributed by atoms with E-state index in [1.54, 1.807) is 12.1 Å². The summed E-state index contributed by atoms with van der Waals surface area (Å²) < 4.78 is 0.476. The first kappa shape index (κ1) is 15.4. The van der Waals surface area contributed by atoms with Crippen molar-refractivity contribution in [2.45, 2.75) is 13.3 Å². The minimum Gasteiger partial charge on any atom is -0.478 e. The van der Waals surface area contributed by atoms with Crippen LogP contribution in [0.5, 0.6) is 0 Å². The van der Waals surface area contributed by atoms with Crippen LogP contribution in [0.4, 0.5) is 15.6 Å². The molecule has 0 fully saturated rings. The molecule has 0 radical (unpaired) electrons. The fourth-order valence-electron chi connectivity index (χ4n) is 1.52. The third-order valence-electron chi connectivity index (χ3n) is 2.47. The monoisotopic (exact) mass is 370 g/mol. The van der Waals surface area contributed by atoms with Crippen LogP contribution in [0, 0.1) is 0 Å². The molecule has 1 heterocycles. The molecule has 2 aromatic rings. The lowest BCUT2D eigenvalue weighted by Crippen LogP contribution is -2.21. The predicted octanol–water partition coefficient (Wildman–Crippen LogP) is 3.21. The number of para-hydroxylation sites is 1. The molecule has 0 saturated heterocycles. The average molecular weight is 371 g/mol. The first-order chi connectivity index (χ1) is 10.0. The molecule has 0 spiro atoms. The molecule has 7 nitrogen and oxygen atoms in total. The molecule has 0 aliphatic rings. The van der Waals surface area contributed by atoms with Crippen LogP contribution < -0.4 is 10.6 Å². The predicted molar refractivity (Wildman–Crippen MR) is 83.0 cm³/mol. The summed E-state index contributed by atoms with van der Waals surface area (Å²) >= 11 is 4.48. The van der Waals surface area contributed by atoms with Crippen molar-refractivity contribution in [2.24, 2.45) is 0 Å². The molecule has 0 unspecified atom stereocenters. The number of carbonyl (C=O) groups excluding carboxylic acids is 1. The summed E-state index contributed by atoms with van der Waals surface area (Å²) in [5.74, 6) is -1.13. The van der Waals surface area contributed by atoms with Crippen LogP contribution in [0.2, 0.25) is 0 Å². The lowest BCUT2D eigenvalue weighted by molar-refractivity contribution is 0.0698. The maximum Gasteiger partial charge on any atom is 0.337 e. The van der Waals surface area contributed by atoms with Crippen LogP contribution in [-0.4, -0.2) is 27.3 Å². The highest BCUT2D eigenvalue weighted by Crippen LogP contribution is 2.27. The Bertz CT molecular complexity index is 689. The summed E-state index contributed by atoms with van der Waals surface area (Å²) in [4.78, 5) is 23.1. The summed E-state index contributed by atoms with van der Waals surface area (Å²) in [7, 11) is 0. The maximum atomic E-state index is 11.9. The van der Waals surface area contributed by atoms with Gasteiger partial charge in [-0.15, -0.1) is 10.2 Å². The van der Waals surface area contributed by atoms with E-state index in [4.69, 9.17) is 5.11 Å². The van der Waals surface area contributed by atoms with Gasteiger partial charge in [-0.3, -0.25) is 5.32 Å². The Morgan fingerprint density at radius 3 is 2.71 bits per heavy atom. The van der Waals surface area contributed by atoms with Gasteiger partial charge in [0.15, 0.2) is 0 Å². The molecule has 0 aliphatic carbocycles. The van der Waals surface area contributed by atoms with Gasteiger partial charge in [0.25, 0.3) is 0 Å². The lowest BCUT2D eigenvalue weighted by atomic mass is 10.2. The molecule has 0 saturated carbocycles. The van der Waals surface area contributed by atoms with Crippen LogP contribution in [-0.2, 0) is 6.42 Å². The van der Waals surface area contributed by atoms with E-state index in [-0.39, 0.29) is 11.3 Å². The first-order valence-electron chi connectivity index (χ1n) is 5.93. The molecule has 2 rings (SSSR count). The number of nitrogens with zero attached hydrogens (tertiary/aromatic N) is 2. The summed E-state index contributed by atoms with van der Waals surface area (Å²) in [6.07, 6.45) is 0.731. The Kier molecular flexibility index (Phi) is 4.86. The van der Waals surface area contributed by atoms with E-state index in [2.05, 4.69) is 36.8 Å². The van der Waals surface area contributed by atoms with Crippen LogP contribution in [0.25, 0.3) is 0 Å². The Morgan fingerprint density at radius 1 is 1.33 bits per heavy atom. The molecule has 1 aromatic heterocycles. The van der Waals surface area contributed by atoms with Gasteiger partial charge in [0, 0.05) is 4.47 Å². The Labute approximate surface area is 132 Å². The molecule has 21 heavy (non-hydrogen) atoms. The van der Waals surface area contributed by atoms with Crippen molar-refractivity contribution in [3.05, 3.63) is 33.2 Å². The molecule has 9 heteroatoms. The van der Waals surface area contributed by atoms with E-state index >= 15 is 0 Å². The van der Waals surface area contributed by atoms with Crippen molar-refractivity contribution in [1.82, 2.24) is 10.2 Å². The number of benzene rings is 1. The fraction of sp³-hybridized carbons (Fsp3) is 0.167. The van der Waals surface area contributed by atoms with E-state index < -0.39 is 12.0 Å². The van der Waals surface area contributed by atoms with Gasteiger partial charge in [0.2, 0.25) is 5.13 Å². The minimum absolute atomic E-state index is 0.00830. The van der Waals surface area contributed by atoms with E-state index in [1.165, 1.54) is 17.4 Å². The molecule has 110 valence electrons. The number of carboxylic acids is 1. The lowest BCUT2D eigenvalue weighted by Gasteiger charge is -2.10. The molecule has 1 aromatic carbocycles. The number of hydrogen-bond acceptors (Lipinski definition) is 5. The maximum absolute atomic E-state index is 11.9. The molecular formula is C12H11BrN4O3S. The van der Waals surface area contributed by atoms with E-state index in [9.17, 15) is 9.59 Å². The van der Waals surface area contributed by atoms with Gasteiger partial charge in [-0.05, 0) is 34.5 Å². The Morgan fingerprint density at radius 2 is 2.10 bits per heavy atom. The van der Waals surface area contributed by atoms with Gasteiger partial charge in [-0.1, -0.05) is 24.3 Å². The highest BCUT2D eigenvalue weighted by atomic mass is 79.9. The van der Waals surface area contributed by atoms with Crippen molar-refractivity contribution < 1.29 is 14.7 Å².